The van der Waals surface area contributed by atoms with Crippen molar-refractivity contribution in [1.82, 2.24) is 0 Å². The van der Waals surface area contributed by atoms with Crippen LogP contribution in [0.15, 0.2) is 24.3 Å². The first kappa shape index (κ1) is 17.2. The highest BCUT2D eigenvalue weighted by molar-refractivity contribution is 5.95. The van der Waals surface area contributed by atoms with Gasteiger partial charge in [0.25, 0.3) is 0 Å². The Labute approximate surface area is 126 Å². The van der Waals surface area contributed by atoms with Gasteiger partial charge in [-0.05, 0) is 23.6 Å². The molecule has 116 valence electrons. The number of carbonyl (C=O) groups is 2. The predicted molar refractivity (Wildman–Crippen MR) is 84.5 cm³/mol. The summed E-state index contributed by atoms with van der Waals surface area (Å²) in [5.41, 5.74) is 1.95. The number of hydrogen-bond acceptors (Lipinski definition) is 2. The van der Waals surface area contributed by atoms with Crippen LogP contribution in [0.2, 0.25) is 0 Å². The van der Waals surface area contributed by atoms with Crippen molar-refractivity contribution < 1.29 is 14.7 Å². The van der Waals surface area contributed by atoms with E-state index in [0.29, 0.717) is 5.92 Å². The zero-order valence-corrected chi connectivity index (χ0v) is 13.5. The highest BCUT2D eigenvalue weighted by atomic mass is 16.4. The number of anilines is 1. The molecule has 0 fully saturated rings. The number of carboxylic acid groups (broad SMARTS) is 1. The van der Waals surface area contributed by atoms with E-state index in [-0.39, 0.29) is 18.4 Å². The van der Waals surface area contributed by atoms with Crippen molar-refractivity contribution in [2.24, 2.45) is 11.8 Å². The average molecular weight is 291 g/mol. The standard InChI is InChI=1S/C17H25NO3/c1-11(2)14-6-8-15(9-7-14)18(16(19)12(3)4)10-13(5)17(20)21/h6-9,11-13H,10H2,1-5H3,(H,20,21). The van der Waals surface area contributed by atoms with Crippen LogP contribution in [0.1, 0.15) is 46.1 Å². The summed E-state index contributed by atoms with van der Waals surface area (Å²) in [5, 5.41) is 9.08. The maximum absolute atomic E-state index is 12.4. The quantitative estimate of drug-likeness (QED) is 0.872. The number of hydrogen-bond donors (Lipinski definition) is 1. The number of carbonyl (C=O) groups excluding carboxylic acids is 1. The van der Waals surface area contributed by atoms with Gasteiger partial charge < -0.3 is 10.0 Å². The first-order valence-electron chi connectivity index (χ1n) is 7.38. The normalized spacial score (nSPS) is 12.5. The Morgan fingerprint density at radius 3 is 1.95 bits per heavy atom. The molecule has 1 aromatic rings. The molecule has 1 aromatic carbocycles. The van der Waals surface area contributed by atoms with Gasteiger partial charge in [0.05, 0.1) is 5.92 Å². The van der Waals surface area contributed by atoms with Crippen LogP contribution in [-0.2, 0) is 9.59 Å². The topological polar surface area (TPSA) is 57.6 Å². The lowest BCUT2D eigenvalue weighted by Gasteiger charge is -2.26. The Bertz CT molecular complexity index is 491. The lowest BCUT2D eigenvalue weighted by molar-refractivity contribution is -0.140. The molecule has 1 amide bonds. The Kier molecular flexibility index (Phi) is 5.94. The summed E-state index contributed by atoms with van der Waals surface area (Å²) >= 11 is 0. The van der Waals surface area contributed by atoms with E-state index in [4.69, 9.17) is 5.11 Å². The van der Waals surface area contributed by atoms with Gasteiger partial charge in [-0.3, -0.25) is 9.59 Å². The lowest BCUT2D eigenvalue weighted by atomic mass is 10.0. The van der Waals surface area contributed by atoms with E-state index < -0.39 is 11.9 Å². The fourth-order valence-electron chi connectivity index (χ4n) is 2.03. The molecule has 0 bridgehead atoms. The molecule has 1 rings (SSSR count). The monoisotopic (exact) mass is 291 g/mol. The van der Waals surface area contributed by atoms with Crippen LogP contribution in [0, 0.1) is 11.8 Å². The number of aliphatic carboxylic acids is 1. The van der Waals surface area contributed by atoms with Crippen LogP contribution in [0.25, 0.3) is 0 Å². The maximum Gasteiger partial charge on any atom is 0.308 e. The van der Waals surface area contributed by atoms with E-state index in [1.165, 1.54) is 5.56 Å². The molecule has 0 aliphatic heterocycles. The van der Waals surface area contributed by atoms with E-state index in [1.54, 1.807) is 11.8 Å². The number of benzene rings is 1. The first-order valence-corrected chi connectivity index (χ1v) is 7.38. The molecule has 21 heavy (non-hydrogen) atoms. The largest absolute Gasteiger partial charge is 0.481 e. The molecule has 0 saturated heterocycles. The van der Waals surface area contributed by atoms with Crippen molar-refractivity contribution >= 4 is 17.6 Å². The smallest absolute Gasteiger partial charge is 0.308 e. The molecule has 0 radical (unpaired) electrons. The minimum Gasteiger partial charge on any atom is -0.481 e. The van der Waals surface area contributed by atoms with E-state index in [2.05, 4.69) is 13.8 Å². The molecule has 1 N–H and O–H groups in total. The molecule has 0 saturated carbocycles. The van der Waals surface area contributed by atoms with Gasteiger partial charge in [0.15, 0.2) is 0 Å². The van der Waals surface area contributed by atoms with Crippen LogP contribution >= 0.6 is 0 Å². The highest BCUT2D eigenvalue weighted by Crippen LogP contribution is 2.22. The maximum atomic E-state index is 12.4. The predicted octanol–water partition coefficient (Wildman–Crippen LogP) is 3.52. The highest BCUT2D eigenvalue weighted by Gasteiger charge is 2.23. The minimum atomic E-state index is -0.893. The Balaban J connectivity index is 3.05. The molecule has 1 atom stereocenters. The molecular formula is C17H25NO3. The summed E-state index contributed by atoms with van der Waals surface area (Å²) in [6.07, 6.45) is 0. The summed E-state index contributed by atoms with van der Waals surface area (Å²) in [7, 11) is 0. The average Bonchev–Trinajstić information content (AvgIpc) is 2.43. The summed E-state index contributed by atoms with van der Waals surface area (Å²) in [5.74, 6) is -1.30. The third-order valence-corrected chi connectivity index (χ3v) is 3.51. The van der Waals surface area contributed by atoms with Crippen LogP contribution < -0.4 is 4.90 Å². The van der Waals surface area contributed by atoms with E-state index in [0.717, 1.165) is 5.69 Å². The van der Waals surface area contributed by atoms with Gasteiger partial charge in [-0.2, -0.15) is 0 Å². The van der Waals surface area contributed by atoms with Crippen molar-refractivity contribution in [3.63, 3.8) is 0 Å². The molecule has 0 aliphatic carbocycles. The third kappa shape index (κ3) is 4.59. The van der Waals surface area contributed by atoms with E-state index in [1.807, 2.05) is 38.1 Å². The van der Waals surface area contributed by atoms with Gasteiger partial charge in [-0.15, -0.1) is 0 Å². The van der Waals surface area contributed by atoms with Crippen molar-refractivity contribution in [3.8, 4) is 0 Å². The number of nitrogens with zero attached hydrogens (tertiary/aromatic N) is 1. The second-order valence-electron chi connectivity index (χ2n) is 6.09. The second kappa shape index (κ2) is 7.25. The fraction of sp³-hybridized carbons (Fsp3) is 0.529. The first-order chi connectivity index (χ1) is 9.73. The molecule has 4 nitrogen and oxygen atoms in total. The zero-order chi connectivity index (χ0) is 16.2. The summed E-state index contributed by atoms with van der Waals surface area (Å²) < 4.78 is 0. The Morgan fingerprint density at radius 1 is 1.05 bits per heavy atom. The van der Waals surface area contributed by atoms with Gasteiger partial charge in [0.1, 0.15) is 0 Å². The number of carboxylic acids is 1. The van der Waals surface area contributed by atoms with Crippen LogP contribution in [-0.4, -0.2) is 23.5 Å². The SMILES string of the molecule is CC(C)C(=O)N(CC(C)C(=O)O)c1ccc(C(C)C)cc1. The van der Waals surface area contributed by atoms with Gasteiger partial charge in [0.2, 0.25) is 5.91 Å². The Hall–Kier alpha value is -1.84. The summed E-state index contributed by atoms with van der Waals surface area (Å²) in [4.78, 5) is 25.0. The number of amides is 1. The van der Waals surface area contributed by atoms with Crippen molar-refractivity contribution in [3.05, 3.63) is 29.8 Å². The molecule has 0 heterocycles. The molecule has 1 unspecified atom stereocenters. The molecule has 0 aromatic heterocycles. The van der Waals surface area contributed by atoms with Crippen molar-refractivity contribution in [2.75, 3.05) is 11.4 Å². The van der Waals surface area contributed by atoms with Crippen molar-refractivity contribution in [1.29, 1.82) is 0 Å². The van der Waals surface area contributed by atoms with Gasteiger partial charge in [0, 0.05) is 18.2 Å². The van der Waals surface area contributed by atoms with Crippen LogP contribution in [0.4, 0.5) is 5.69 Å². The number of rotatable bonds is 6. The van der Waals surface area contributed by atoms with Gasteiger partial charge in [-0.1, -0.05) is 46.8 Å². The van der Waals surface area contributed by atoms with Gasteiger partial charge in [-0.25, -0.2) is 0 Å². The molecule has 4 heteroatoms. The summed E-state index contributed by atoms with van der Waals surface area (Å²) in [6.45, 7) is 9.67. The van der Waals surface area contributed by atoms with Gasteiger partial charge >= 0.3 is 5.97 Å². The van der Waals surface area contributed by atoms with E-state index in [9.17, 15) is 9.59 Å². The Morgan fingerprint density at radius 2 is 1.57 bits per heavy atom. The lowest BCUT2D eigenvalue weighted by Crippen LogP contribution is -2.39. The van der Waals surface area contributed by atoms with Crippen LogP contribution in [0.3, 0.4) is 0 Å². The second-order valence-corrected chi connectivity index (χ2v) is 6.09. The minimum absolute atomic E-state index is 0.0552. The molecule has 0 aliphatic rings. The van der Waals surface area contributed by atoms with Crippen molar-refractivity contribution in [2.45, 2.75) is 40.5 Å². The zero-order valence-electron chi connectivity index (χ0n) is 13.5. The molecule has 0 spiro atoms. The van der Waals surface area contributed by atoms with E-state index >= 15 is 0 Å². The fourth-order valence-corrected chi connectivity index (χ4v) is 2.03. The third-order valence-electron chi connectivity index (χ3n) is 3.51. The summed E-state index contributed by atoms with van der Waals surface area (Å²) in [6, 6.07) is 7.77. The van der Waals surface area contributed by atoms with Crippen LogP contribution in [0.5, 0.6) is 0 Å². The molecular weight excluding hydrogens is 266 g/mol.